The molecule has 2 amide bonds. The molecule has 0 aliphatic carbocycles. The molecular formula is C19H34N2O2S. The van der Waals surface area contributed by atoms with Crippen LogP contribution in [-0.4, -0.2) is 40.2 Å². The van der Waals surface area contributed by atoms with Crippen molar-refractivity contribution in [2.45, 2.75) is 83.1 Å². The van der Waals surface area contributed by atoms with E-state index in [0.29, 0.717) is 13.1 Å². The highest BCUT2D eigenvalue weighted by atomic mass is 32.1. The summed E-state index contributed by atoms with van der Waals surface area (Å²) in [4.78, 5) is 27.3. The molecule has 4 nitrogen and oxygen atoms in total. The lowest BCUT2D eigenvalue weighted by Gasteiger charge is -2.40. The van der Waals surface area contributed by atoms with Crippen LogP contribution < -0.4 is 0 Å². The quantitative estimate of drug-likeness (QED) is 0.231. The summed E-state index contributed by atoms with van der Waals surface area (Å²) in [5, 5.41) is 0. The summed E-state index contributed by atoms with van der Waals surface area (Å²) in [7, 11) is 0. The van der Waals surface area contributed by atoms with Crippen LogP contribution in [0.4, 0.5) is 0 Å². The molecule has 1 atom stereocenters. The van der Waals surface area contributed by atoms with Gasteiger partial charge in [-0.15, -0.1) is 19.2 Å². The Bertz CT molecular complexity index is 401. The Morgan fingerprint density at radius 3 is 2.00 bits per heavy atom. The van der Waals surface area contributed by atoms with Crippen LogP contribution in [0.1, 0.15) is 77.6 Å². The van der Waals surface area contributed by atoms with Gasteiger partial charge in [0.1, 0.15) is 6.42 Å². The first-order chi connectivity index (χ1) is 11.6. The van der Waals surface area contributed by atoms with Gasteiger partial charge in [-0.1, -0.05) is 70.8 Å². The number of rotatable bonds is 13. The van der Waals surface area contributed by atoms with E-state index in [1.807, 2.05) is 0 Å². The van der Waals surface area contributed by atoms with E-state index >= 15 is 0 Å². The molecule has 0 radical (unpaired) electrons. The average Bonchev–Trinajstić information content (AvgIpc) is 2.55. The molecule has 0 aromatic rings. The summed E-state index contributed by atoms with van der Waals surface area (Å²) >= 11 is 4.47. The Hall–Kier alpha value is -0.970. The highest BCUT2D eigenvalue weighted by Gasteiger charge is 2.35. The molecule has 0 N–H and O–H groups in total. The summed E-state index contributed by atoms with van der Waals surface area (Å²) in [6.07, 6.45) is 14.3. The molecule has 5 heteroatoms. The predicted octanol–water partition coefficient (Wildman–Crippen LogP) is 4.37. The Labute approximate surface area is 153 Å². The van der Waals surface area contributed by atoms with E-state index in [-0.39, 0.29) is 18.2 Å². The first kappa shape index (κ1) is 21.1. The first-order valence-electron chi connectivity index (χ1n) is 9.49. The summed E-state index contributed by atoms with van der Waals surface area (Å²) in [5.41, 5.74) is -0.449. The van der Waals surface area contributed by atoms with E-state index in [1.165, 1.54) is 51.4 Å². The maximum absolute atomic E-state index is 12.1. The number of carbonyl (C=O) groups is 2. The van der Waals surface area contributed by atoms with Gasteiger partial charge < -0.3 is 9.80 Å². The van der Waals surface area contributed by atoms with Crippen molar-refractivity contribution in [1.29, 1.82) is 0 Å². The number of hydrogen-bond acceptors (Lipinski definition) is 3. The van der Waals surface area contributed by atoms with Gasteiger partial charge in [0.25, 0.3) is 0 Å². The molecule has 1 heterocycles. The van der Waals surface area contributed by atoms with E-state index in [4.69, 9.17) is 0 Å². The molecule has 1 rings (SSSR count). The van der Waals surface area contributed by atoms with Crippen LogP contribution in [0.25, 0.3) is 0 Å². The molecular weight excluding hydrogens is 320 g/mol. The van der Waals surface area contributed by atoms with Gasteiger partial charge in [-0.2, -0.15) is 0 Å². The monoisotopic (exact) mass is 354 g/mol. The second kappa shape index (κ2) is 12.4. The predicted molar refractivity (Wildman–Crippen MR) is 103 cm³/mol. The van der Waals surface area contributed by atoms with Crippen molar-refractivity contribution >= 4 is 24.4 Å². The van der Waals surface area contributed by atoms with E-state index in [9.17, 15) is 9.59 Å². The van der Waals surface area contributed by atoms with E-state index in [1.54, 1.807) is 15.9 Å². The summed E-state index contributed by atoms with van der Waals surface area (Å²) in [5.74, 6) is -0.254. The maximum Gasteiger partial charge on any atom is 0.234 e. The van der Waals surface area contributed by atoms with Crippen molar-refractivity contribution in [3.05, 3.63) is 12.7 Å². The van der Waals surface area contributed by atoms with Gasteiger partial charge in [0.05, 0.1) is 0 Å². The molecule has 1 fully saturated rings. The molecule has 0 aromatic carbocycles. The molecule has 1 unspecified atom stereocenters. The summed E-state index contributed by atoms with van der Waals surface area (Å²) < 4.78 is 0. The van der Waals surface area contributed by atoms with Crippen molar-refractivity contribution in [2.75, 3.05) is 13.1 Å². The Kier molecular flexibility index (Phi) is 10.9. The Morgan fingerprint density at radius 1 is 0.958 bits per heavy atom. The van der Waals surface area contributed by atoms with Crippen molar-refractivity contribution < 1.29 is 9.59 Å². The van der Waals surface area contributed by atoms with Gasteiger partial charge in [0, 0.05) is 13.1 Å². The zero-order valence-corrected chi connectivity index (χ0v) is 16.1. The molecule has 0 aromatic heterocycles. The lowest BCUT2D eigenvalue weighted by Crippen LogP contribution is -2.56. The highest BCUT2D eigenvalue weighted by Crippen LogP contribution is 2.20. The zero-order chi connectivity index (χ0) is 17.8. The Morgan fingerprint density at radius 2 is 1.46 bits per heavy atom. The molecule has 138 valence electrons. The molecule has 0 bridgehead atoms. The molecule has 24 heavy (non-hydrogen) atoms. The maximum atomic E-state index is 12.1. The molecule has 1 aliphatic rings. The van der Waals surface area contributed by atoms with Crippen LogP contribution in [0.3, 0.4) is 0 Å². The molecule has 0 spiro atoms. The van der Waals surface area contributed by atoms with Gasteiger partial charge in [-0.05, 0) is 6.42 Å². The molecule has 1 aliphatic heterocycles. The van der Waals surface area contributed by atoms with E-state index in [0.717, 1.165) is 12.8 Å². The van der Waals surface area contributed by atoms with Crippen molar-refractivity contribution in [1.82, 2.24) is 9.80 Å². The van der Waals surface area contributed by atoms with Gasteiger partial charge in [0.15, 0.2) is 5.50 Å². The van der Waals surface area contributed by atoms with Crippen LogP contribution in [-0.2, 0) is 9.59 Å². The van der Waals surface area contributed by atoms with Gasteiger partial charge in [-0.3, -0.25) is 9.59 Å². The van der Waals surface area contributed by atoms with E-state index < -0.39 is 5.50 Å². The highest BCUT2D eigenvalue weighted by molar-refractivity contribution is 7.80. The van der Waals surface area contributed by atoms with Crippen molar-refractivity contribution in [3.8, 4) is 0 Å². The van der Waals surface area contributed by atoms with Crippen molar-refractivity contribution in [3.63, 3.8) is 0 Å². The second-order valence-electron chi connectivity index (χ2n) is 6.63. The van der Waals surface area contributed by atoms with Crippen molar-refractivity contribution in [2.24, 2.45) is 0 Å². The first-order valence-corrected chi connectivity index (χ1v) is 10.0. The Balaban J connectivity index is 2.16. The van der Waals surface area contributed by atoms with Crippen LogP contribution in [0.5, 0.6) is 0 Å². The number of thiol groups is 1. The minimum Gasteiger partial charge on any atom is -0.313 e. The largest absolute Gasteiger partial charge is 0.313 e. The van der Waals surface area contributed by atoms with Crippen LogP contribution in [0.15, 0.2) is 12.7 Å². The van der Waals surface area contributed by atoms with Gasteiger partial charge in [-0.25, -0.2) is 0 Å². The third-order valence-corrected chi connectivity index (χ3v) is 5.14. The minimum atomic E-state index is -0.449. The van der Waals surface area contributed by atoms with E-state index in [2.05, 4.69) is 26.1 Å². The number of nitrogens with zero attached hydrogens (tertiary/aromatic N) is 2. The smallest absolute Gasteiger partial charge is 0.234 e. The molecule has 0 saturated carbocycles. The number of carbonyl (C=O) groups excluding carboxylic acids is 2. The number of amides is 2. The van der Waals surface area contributed by atoms with Crippen LogP contribution in [0.2, 0.25) is 0 Å². The topological polar surface area (TPSA) is 40.6 Å². The average molecular weight is 355 g/mol. The van der Waals surface area contributed by atoms with Crippen LogP contribution in [0, 0.1) is 0 Å². The lowest BCUT2D eigenvalue weighted by atomic mass is 10.1. The molecule has 1 saturated heterocycles. The second-order valence-corrected chi connectivity index (χ2v) is 7.09. The fourth-order valence-electron chi connectivity index (χ4n) is 3.10. The SMILES string of the molecule is C=CCN1C(=O)CC(=O)N(CCCCCCCCCCCC)C1S. The normalized spacial score (nSPS) is 18.3. The lowest BCUT2D eigenvalue weighted by molar-refractivity contribution is -0.152. The van der Waals surface area contributed by atoms with Gasteiger partial charge in [0.2, 0.25) is 11.8 Å². The third kappa shape index (κ3) is 7.29. The fourth-order valence-corrected chi connectivity index (χ4v) is 3.57. The summed E-state index contributed by atoms with van der Waals surface area (Å²) in [6.45, 7) is 7.03. The number of hydrogen-bond donors (Lipinski definition) is 1. The fraction of sp³-hybridized carbons (Fsp3) is 0.789. The zero-order valence-electron chi connectivity index (χ0n) is 15.2. The van der Waals surface area contributed by atoms with Gasteiger partial charge >= 0.3 is 0 Å². The standard InChI is InChI=1S/C19H34N2O2S/c1-3-5-6-7-8-9-10-11-12-13-15-21-18(23)16-17(22)20(14-4-2)19(21)24/h4,19,24H,2-3,5-16H2,1H3. The number of unbranched alkanes of at least 4 members (excludes halogenated alkanes) is 9. The third-order valence-electron chi connectivity index (χ3n) is 4.58. The minimum absolute atomic E-state index is 0.0390. The van der Waals surface area contributed by atoms with Crippen LogP contribution >= 0.6 is 12.6 Å². The summed E-state index contributed by atoms with van der Waals surface area (Å²) in [6, 6.07) is 0.